The molecule has 3 nitrogen and oxygen atoms in total. The fraction of sp³-hybridized carbons (Fsp3) is 0.273. The van der Waals surface area contributed by atoms with Crippen molar-refractivity contribution in [3.05, 3.63) is 46.7 Å². The highest BCUT2D eigenvalue weighted by Gasteiger charge is 2.10. The first-order valence-corrected chi connectivity index (χ1v) is 5.72. The van der Waals surface area contributed by atoms with Gasteiger partial charge in [0.1, 0.15) is 6.33 Å². The van der Waals surface area contributed by atoms with Crippen LogP contribution in [-0.4, -0.2) is 17.0 Å². The maximum absolute atomic E-state index is 4.04. The van der Waals surface area contributed by atoms with Crippen molar-refractivity contribution in [3.63, 3.8) is 0 Å². The molecule has 0 saturated carbocycles. The molecule has 78 valence electrons. The second kappa shape index (κ2) is 5.00. The molecule has 0 bridgehead atoms. The van der Waals surface area contributed by atoms with E-state index in [1.54, 1.807) is 17.7 Å². The number of nitrogens with zero attached hydrogens (tertiary/aromatic N) is 2. The fourth-order valence-corrected chi connectivity index (χ4v) is 2.26. The molecule has 0 fully saturated rings. The highest BCUT2D eigenvalue weighted by molar-refractivity contribution is 7.09. The molecule has 2 aromatic heterocycles. The van der Waals surface area contributed by atoms with Crippen LogP contribution in [0.3, 0.4) is 0 Å². The summed E-state index contributed by atoms with van der Waals surface area (Å²) in [6, 6.07) is 4.53. The van der Waals surface area contributed by atoms with E-state index in [0.29, 0.717) is 6.04 Å². The van der Waals surface area contributed by atoms with E-state index in [9.17, 15) is 0 Å². The predicted octanol–water partition coefficient (Wildman–Crippen LogP) is 2.04. The van der Waals surface area contributed by atoms with Crippen LogP contribution in [0.2, 0.25) is 0 Å². The van der Waals surface area contributed by atoms with Crippen molar-refractivity contribution in [1.29, 1.82) is 0 Å². The minimum atomic E-state index is 0.296. The van der Waals surface area contributed by atoms with E-state index in [-0.39, 0.29) is 0 Å². The summed E-state index contributed by atoms with van der Waals surface area (Å²) in [5.41, 5.74) is 1.13. The molecule has 0 amide bonds. The standard InChI is InChI=1S/C11H13N3S/c1-12-11(5-10-3-2-4-15-10)9-6-13-8-14-7-9/h2-4,6-8,11-12H,5H2,1H3. The number of hydrogen-bond acceptors (Lipinski definition) is 4. The molecule has 0 spiro atoms. The second-order valence-electron chi connectivity index (χ2n) is 3.30. The Labute approximate surface area is 93.2 Å². The summed E-state index contributed by atoms with van der Waals surface area (Å²) in [5.74, 6) is 0. The van der Waals surface area contributed by atoms with Crippen molar-refractivity contribution >= 4 is 11.3 Å². The van der Waals surface area contributed by atoms with Gasteiger partial charge in [0.05, 0.1) is 0 Å². The molecule has 2 aromatic rings. The third kappa shape index (κ3) is 2.61. The van der Waals surface area contributed by atoms with Crippen molar-refractivity contribution in [1.82, 2.24) is 15.3 Å². The van der Waals surface area contributed by atoms with Gasteiger partial charge in [0.2, 0.25) is 0 Å². The molecule has 2 rings (SSSR count). The molecule has 0 saturated heterocycles. The zero-order chi connectivity index (χ0) is 10.5. The monoisotopic (exact) mass is 219 g/mol. The quantitative estimate of drug-likeness (QED) is 0.855. The lowest BCUT2D eigenvalue weighted by Crippen LogP contribution is -2.18. The van der Waals surface area contributed by atoms with Crippen LogP contribution in [0.25, 0.3) is 0 Å². The largest absolute Gasteiger partial charge is 0.313 e. The minimum absolute atomic E-state index is 0.296. The summed E-state index contributed by atoms with van der Waals surface area (Å²) in [5, 5.41) is 5.38. The summed E-state index contributed by atoms with van der Waals surface area (Å²) in [4.78, 5) is 9.44. The van der Waals surface area contributed by atoms with Crippen molar-refractivity contribution in [2.75, 3.05) is 7.05 Å². The highest BCUT2D eigenvalue weighted by atomic mass is 32.1. The van der Waals surface area contributed by atoms with Gasteiger partial charge in [-0.3, -0.25) is 0 Å². The van der Waals surface area contributed by atoms with Crippen LogP contribution in [0.4, 0.5) is 0 Å². The molecular formula is C11H13N3S. The van der Waals surface area contributed by atoms with Gasteiger partial charge in [-0.2, -0.15) is 0 Å². The van der Waals surface area contributed by atoms with Crippen LogP contribution >= 0.6 is 11.3 Å². The maximum Gasteiger partial charge on any atom is 0.115 e. The van der Waals surface area contributed by atoms with Gasteiger partial charge < -0.3 is 5.32 Å². The van der Waals surface area contributed by atoms with Crippen LogP contribution < -0.4 is 5.32 Å². The average molecular weight is 219 g/mol. The number of thiophene rings is 1. The molecule has 0 aliphatic carbocycles. The maximum atomic E-state index is 4.04. The Bertz CT molecular complexity index is 385. The van der Waals surface area contributed by atoms with Gasteiger partial charge in [0.25, 0.3) is 0 Å². The molecule has 15 heavy (non-hydrogen) atoms. The summed E-state index contributed by atoms with van der Waals surface area (Å²) in [6.07, 6.45) is 6.27. The first-order chi connectivity index (χ1) is 7.40. The highest BCUT2D eigenvalue weighted by Crippen LogP contribution is 2.19. The van der Waals surface area contributed by atoms with E-state index in [4.69, 9.17) is 0 Å². The molecule has 1 unspecified atom stereocenters. The van der Waals surface area contributed by atoms with Crippen molar-refractivity contribution in [2.24, 2.45) is 0 Å². The van der Waals surface area contributed by atoms with Gasteiger partial charge in [-0.15, -0.1) is 11.3 Å². The Morgan fingerprint density at radius 2 is 2.20 bits per heavy atom. The van der Waals surface area contributed by atoms with Crippen molar-refractivity contribution in [2.45, 2.75) is 12.5 Å². The van der Waals surface area contributed by atoms with Crippen LogP contribution in [0.5, 0.6) is 0 Å². The van der Waals surface area contributed by atoms with E-state index in [1.807, 2.05) is 19.4 Å². The lowest BCUT2D eigenvalue weighted by molar-refractivity contribution is 0.591. The Morgan fingerprint density at radius 3 is 2.80 bits per heavy atom. The number of likely N-dealkylation sites (N-methyl/N-ethyl adjacent to an activating group) is 1. The zero-order valence-corrected chi connectivity index (χ0v) is 9.37. The molecule has 0 aromatic carbocycles. The van der Waals surface area contributed by atoms with Crippen molar-refractivity contribution < 1.29 is 0 Å². The lowest BCUT2D eigenvalue weighted by atomic mass is 10.1. The normalized spacial score (nSPS) is 12.6. The molecule has 0 radical (unpaired) electrons. The molecule has 1 atom stereocenters. The summed E-state index contributed by atoms with van der Waals surface area (Å²) in [6.45, 7) is 0. The Kier molecular flexibility index (Phi) is 3.42. The summed E-state index contributed by atoms with van der Waals surface area (Å²) in [7, 11) is 1.96. The molecule has 0 aliphatic heterocycles. The van der Waals surface area contributed by atoms with Gasteiger partial charge in [-0.25, -0.2) is 9.97 Å². The third-order valence-electron chi connectivity index (χ3n) is 2.32. The van der Waals surface area contributed by atoms with E-state index in [2.05, 4.69) is 32.8 Å². The van der Waals surface area contributed by atoms with E-state index in [0.717, 1.165) is 12.0 Å². The Balaban J connectivity index is 2.12. The molecule has 1 N–H and O–H groups in total. The summed E-state index contributed by atoms with van der Waals surface area (Å²) >= 11 is 1.78. The Morgan fingerprint density at radius 1 is 1.40 bits per heavy atom. The number of nitrogens with one attached hydrogen (secondary N) is 1. The molecule has 4 heteroatoms. The summed E-state index contributed by atoms with van der Waals surface area (Å²) < 4.78 is 0. The zero-order valence-electron chi connectivity index (χ0n) is 8.55. The number of hydrogen-bond donors (Lipinski definition) is 1. The molecule has 0 aliphatic rings. The van der Waals surface area contributed by atoms with E-state index in [1.165, 1.54) is 4.88 Å². The lowest BCUT2D eigenvalue weighted by Gasteiger charge is -2.14. The second-order valence-corrected chi connectivity index (χ2v) is 4.33. The number of rotatable bonds is 4. The van der Waals surface area contributed by atoms with Gasteiger partial charge in [-0.05, 0) is 18.5 Å². The Hall–Kier alpha value is -1.26. The molecular weight excluding hydrogens is 206 g/mol. The first kappa shape index (κ1) is 10.3. The topological polar surface area (TPSA) is 37.8 Å². The van der Waals surface area contributed by atoms with E-state index >= 15 is 0 Å². The van der Waals surface area contributed by atoms with Crippen LogP contribution in [0.1, 0.15) is 16.5 Å². The van der Waals surface area contributed by atoms with Crippen LogP contribution in [-0.2, 0) is 6.42 Å². The van der Waals surface area contributed by atoms with E-state index < -0.39 is 0 Å². The van der Waals surface area contributed by atoms with Gasteiger partial charge in [0, 0.05) is 35.3 Å². The number of aromatic nitrogens is 2. The predicted molar refractivity (Wildman–Crippen MR) is 61.9 cm³/mol. The van der Waals surface area contributed by atoms with Gasteiger partial charge in [-0.1, -0.05) is 6.07 Å². The first-order valence-electron chi connectivity index (χ1n) is 4.84. The average Bonchev–Trinajstić information content (AvgIpc) is 2.80. The van der Waals surface area contributed by atoms with Gasteiger partial charge >= 0.3 is 0 Å². The SMILES string of the molecule is CNC(Cc1cccs1)c1cncnc1. The van der Waals surface area contributed by atoms with Crippen molar-refractivity contribution in [3.8, 4) is 0 Å². The smallest absolute Gasteiger partial charge is 0.115 e. The van der Waals surface area contributed by atoms with Crippen LogP contribution in [0, 0.1) is 0 Å². The third-order valence-corrected chi connectivity index (χ3v) is 3.22. The van der Waals surface area contributed by atoms with Gasteiger partial charge in [0.15, 0.2) is 0 Å². The molecule has 2 heterocycles. The van der Waals surface area contributed by atoms with Crippen LogP contribution in [0.15, 0.2) is 36.2 Å². The minimum Gasteiger partial charge on any atom is -0.313 e. The fourth-order valence-electron chi connectivity index (χ4n) is 1.51.